The molecular formula is C19H14BrClF2N2O4. The van der Waals surface area contributed by atoms with Crippen LogP contribution in [0.15, 0.2) is 40.9 Å². The van der Waals surface area contributed by atoms with E-state index in [9.17, 15) is 23.2 Å². The van der Waals surface area contributed by atoms with Crippen LogP contribution >= 0.6 is 27.5 Å². The number of nitrogens with one attached hydrogen (secondary N) is 1. The summed E-state index contributed by atoms with van der Waals surface area (Å²) in [6.07, 6.45) is 0.149. The molecule has 0 unspecified atom stereocenters. The van der Waals surface area contributed by atoms with Gasteiger partial charge in [0.05, 0.1) is 21.3 Å². The molecule has 0 aliphatic carbocycles. The molecule has 0 atom stereocenters. The van der Waals surface area contributed by atoms with Gasteiger partial charge in [-0.15, -0.1) is 0 Å². The number of ether oxygens (including phenoxy) is 1. The summed E-state index contributed by atoms with van der Waals surface area (Å²) >= 11 is 8.97. The van der Waals surface area contributed by atoms with Gasteiger partial charge < -0.3 is 10.1 Å². The highest BCUT2D eigenvalue weighted by Gasteiger charge is 2.34. The quantitative estimate of drug-likeness (QED) is 0.574. The molecule has 152 valence electrons. The minimum Gasteiger partial charge on any atom is -0.431 e. The van der Waals surface area contributed by atoms with E-state index < -0.39 is 24.3 Å². The van der Waals surface area contributed by atoms with Gasteiger partial charge in [-0.05, 0) is 46.6 Å². The van der Waals surface area contributed by atoms with E-state index in [-0.39, 0.29) is 40.3 Å². The molecule has 29 heavy (non-hydrogen) atoms. The molecule has 0 fully saturated rings. The van der Waals surface area contributed by atoms with Gasteiger partial charge in [-0.1, -0.05) is 23.7 Å². The second-order valence-corrected chi connectivity index (χ2v) is 7.39. The summed E-state index contributed by atoms with van der Waals surface area (Å²) in [5.41, 5.74) is 0.648. The first-order chi connectivity index (χ1) is 13.8. The average molecular weight is 488 g/mol. The van der Waals surface area contributed by atoms with Crippen molar-refractivity contribution in [1.82, 2.24) is 4.90 Å². The number of anilines is 1. The van der Waals surface area contributed by atoms with Crippen molar-refractivity contribution >= 4 is 50.9 Å². The van der Waals surface area contributed by atoms with E-state index in [1.165, 1.54) is 12.1 Å². The van der Waals surface area contributed by atoms with Crippen LogP contribution in [0, 0.1) is 0 Å². The molecule has 0 saturated heterocycles. The number of nitrogens with zero attached hydrogens (tertiary/aromatic N) is 1. The Morgan fingerprint density at radius 2 is 1.79 bits per heavy atom. The van der Waals surface area contributed by atoms with Crippen LogP contribution in [-0.4, -0.2) is 35.8 Å². The SMILES string of the molecule is O=C(CCCN1C(=O)c2ccccc2C1=O)Nc1cc(Cl)cc(Br)c1OC(F)F. The number of carbonyl (C=O) groups excluding carboxylic acids is 3. The van der Waals surface area contributed by atoms with Crippen LogP contribution in [0.25, 0.3) is 0 Å². The van der Waals surface area contributed by atoms with Gasteiger partial charge in [0.25, 0.3) is 11.8 Å². The fraction of sp³-hybridized carbons (Fsp3) is 0.211. The van der Waals surface area contributed by atoms with Gasteiger partial charge in [-0.2, -0.15) is 8.78 Å². The second kappa shape index (κ2) is 8.87. The Morgan fingerprint density at radius 3 is 2.38 bits per heavy atom. The Hall–Kier alpha value is -2.52. The maximum Gasteiger partial charge on any atom is 0.387 e. The molecule has 0 radical (unpaired) electrons. The summed E-state index contributed by atoms with van der Waals surface area (Å²) < 4.78 is 29.8. The standard InChI is InChI=1S/C19H14BrClF2N2O4/c20-13-8-10(21)9-14(16(13)29-19(22)23)24-15(26)6-3-7-25-17(27)11-4-1-2-5-12(11)18(25)28/h1-2,4-5,8-9,19H,3,6-7H2,(H,24,26). The number of amides is 3. The van der Waals surface area contributed by atoms with E-state index in [1.807, 2.05) is 0 Å². The molecule has 0 saturated carbocycles. The summed E-state index contributed by atoms with van der Waals surface area (Å²) in [6, 6.07) is 9.13. The van der Waals surface area contributed by atoms with Crippen molar-refractivity contribution in [1.29, 1.82) is 0 Å². The van der Waals surface area contributed by atoms with Gasteiger partial charge in [0.2, 0.25) is 5.91 Å². The Bertz CT molecular complexity index is 952. The normalized spacial score (nSPS) is 13.1. The number of benzene rings is 2. The Kier molecular flexibility index (Phi) is 6.49. The third kappa shape index (κ3) is 4.73. The molecule has 3 amide bonds. The molecular weight excluding hydrogens is 474 g/mol. The zero-order valence-electron chi connectivity index (χ0n) is 14.8. The lowest BCUT2D eigenvalue weighted by Crippen LogP contribution is -2.31. The maximum atomic E-state index is 12.6. The number of halogens is 4. The van der Waals surface area contributed by atoms with Crippen LogP contribution in [0.4, 0.5) is 14.5 Å². The van der Waals surface area contributed by atoms with Crippen LogP contribution in [0.2, 0.25) is 5.02 Å². The van der Waals surface area contributed by atoms with Crippen LogP contribution in [0.1, 0.15) is 33.6 Å². The molecule has 0 aromatic heterocycles. The Balaban J connectivity index is 1.60. The smallest absolute Gasteiger partial charge is 0.387 e. The van der Waals surface area contributed by atoms with Crippen LogP contribution < -0.4 is 10.1 Å². The fourth-order valence-electron chi connectivity index (χ4n) is 2.91. The first-order valence-electron chi connectivity index (χ1n) is 8.47. The number of fused-ring (bicyclic) bond motifs is 1. The van der Waals surface area contributed by atoms with E-state index in [0.717, 1.165) is 4.90 Å². The van der Waals surface area contributed by atoms with Crippen molar-refractivity contribution in [3.63, 3.8) is 0 Å². The zero-order chi connectivity index (χ0) is 21.1. The second-order valence-electron chi connectivity index (χ2n) is 6.10. The molecule has 1 aliphatic heterocycles. The number of hydrogen-bond acceptors (Lipinski definition) is 4. The molecule has 2 aromatic rings. The largest absolute Gasteiger partial charge is 0.431 e. The number of rotatable bonds is 7. The molecule has 2 aromatic carbocycles. The fourth-order valence-corrected chi connectivity index (χ4v) is 3.82. The predicted molar refractivity (Wildman–Crippen MR) is 105 cm³/mol. The van der Waals surface area contributed by atoms with E-state index in [2.05, 4.69) is 26.0 Å². The number of hydrogen-bond donors (Lipinski definition) is 1. The molecule has 1 N–H and O–H groups in total. The van der Waals surface area contributed by atoms with Crippen molar-refractivity contribution in [2.24, 2.45) is 0 Å². The van der Waals surface area contributed by atoms with Gasteiger partial charge in [0.1, 0.15) is 0 Å². The minimum absolute atomic E-state index is 0.0181. The Labute approximate surface area is 177 Å². The van der Waals surface area contributed by atoms with Crippen molar-refractivity contribution in [3.8, 4) is 5.75 Å². The lowest BCUT2D eigenvalue weighted by molar-refractivity contribution is -0.116. The van der Waals surface area contributed by atoms with E-state index >= 15 is 0 Å². The van der Waals surface area contributed by atoms with E-state index in [1.54, 1.807) is 24.3 Å². The third-order valence-electron chi connectivity index (χ3n) is 4.15. The van der Waals surface area contributed by atoms with Gasteiger partial charge >= 0.3 is 6.61 Å². The zero-order valence-corrected chi connectivity index (χ0v) is 17.1. The minimum atomic E-state index is -3.09. The summed E-state index contributed by atoms with van der Waals surface area (Å²) in [4.78, 5) is 37.9. The molecule has 0 spiro atoms. The molecule has 3 rings (SSSR count). The van der Waals surface area contributed by atoms with Crippen molar-refractivity contribution < 1.29 is 27.9 Å². The summed E-state index contributed by atoms with van der Waals surface area (Å²) in [5, 5.41) is 2.67. The van der Waals surface area contributed by atoms with Gasteiger partial charge in [-0.25, -0.2) is 0 Å². The van der Waals surface area contributed by atoms with Crippen molar-refractivity contribution in [2.75, 3.05) is 11.9 Å². The summed E-state index contributed by atoms with van der Waals surface area (Å²) in [6.45, 7) is -3.03. The third-order valence-corrected chi connectivity index (χ3v) is 4.96. The van der Waals surface area contributed by atoms with Crippen LogP contribution in [-0.2, 0) is 4.79 Å². The predicted octanol–water partition coefficient (Wildman–Crippen LogP) is 4.72. The van der Waals surface area contributed by atoms with Crippen LogP contribution in [0.5, 0.6) is 5.75 Å². The molecule has 0 bridgehead atoms. The van der Waals surface area contributed by atoms with Crippen molar-refractivity contribution in [2.45, 2.75) is 19.5 Å². The lowest BCUT2D eigenvalue weighted by atomic mass is 10.1. The number of imide groups is 1. The first kappa shape index (κ1) is 21.2. The maximum absolute atomic E-state index is 12.6. The highest BCUT2D eigenvalue weighted by Crippen LogP contribution is 2.37. The molecule has 1 heterocycles. The Morgan fingerprint density at radius 1 is 1.17 bits per heavy atom. The monoisotopic (exact) mass is 486 g/mol. The first-order valence-corrected chi connectivity index (χ1v) is 9.64. The van der Waals surface area contributed by atoms with E-state index in [0.29, 0.717) is 11.1 Å². The highest BCUT2D eigenvalue weighted by atomic mass is 79.9. The lowest BCUT2D eigenvalue weighted by Gasteiger charge is -2.15. The van der Waals surface area contributed by atoms with Gasteiger partial charge in [-0.3, -0.25) is 19.3 Å². The molecule has 6 nitrogen and oxygen atoms in total. The summed E-state index contributed by atoms with van der Waals surface area (Å²) in [5.74, 6) is -1.57. The topological polar surface area (TPSA) is 75.7 Å². The van der Waals surface area contributed by atoms with Gasteiger partial charge in [0.15, 0.2) is 5.75 Å². The van der Waals surface area contributed by atoms with E-state index in [4.69, 9.17) is 11.6 Å². The van der Waals surface area contributed by atoms with Gasteiger partial charge in [0, 0.05) is 18.0 Å². The molecule has 1 aliphatic rings. The van der Waals surface area contributed by atoms with Crippen LogP contribution in [0.3, 0.4) is 0 Å². The van der Waals surface area contributed by atoms with Crippen molar-refractivity contribution in [3.05, 3.63) is 57.0 Å². The summed E-state index contributed by atoms with van der Waals surface area (Å²) in [7, 11) is 0. The average Bonchev–Trinajstić information content (AvgIpc) is 2.89. The highest BCUT2D eigenvalue weighted by molar-refractivity contribution is 9.10. The number of carbonyl (C=O) groups is 3. The number of alkyl halides is 2. The molecule has 10 heteroatoms.